The number of benzene rings is 9. The topological polar surface area (TPSA) is 3.24 Å². The van der Waals surface area contributed by atoms with Crippen molar-refractivity contribution in [1.29, 1.82) is 0 Å². The zero-order valence-electron chi connectivity index (χ0n) is 36.8. The number of hydrogen-bond acceptors (Lipinski definition) is 1. The Morgan fingerprint density at radius 1 is 0.339 bits per heavy atom. The highest BCUT2D eigenvalue weighted by Crippen LogP contribution is 2.63. The van der Waals surface area contributed by atoms with Gasteiger partial charge in [-0.1, -0.05) is 190 Å². The fourth-order valence-corrected chi connectivity index (χ4v) is 10.6. The van der Waals surface area contributed by atoms with E-state index in [1.54, 1.807) is 0 Å². The third-order valence-corrected chi connectivity index (χ3v) is 13.2. The molecule has 9 aromatic carbocycles. The van der Waals surface area contributed by atoms with Gasteiger partial charge in [0.15, 0.2) is 0 Å². The Hall–Kier alpha value is -7.22. The van der Waals surface area contributed by atoms with Crippen LogP contribution in [0, 0.1) is 0 Å². The molecule has 3 aliphatic rings. The summed E-state index contributed by atoms with van der Waals surface area (Å²) in [6.07, 6.45) is 0. The largest absolute Gasteiger partial charge is 0.310 e. The molecule has 12 rings (SSSR count). The van der Waals surface area contributed by atoms with Crippen LogP contribution in [0.2, 0.25) is 0 Å². The molecule has 0 aromatic heterocycles. The van der Waals surface area contributed by atoms with Crippen LogP contribution >= 0.6 is 0 Å². The highest BCUT2D eigenvalue weighted by molar-refractivity contribution is 5.97. The molecule has 0 atom stereocenters. The third kappa shape index (κ3) is 4.73. The van der Waals surface area contributed by atoms with Crippen LogP contribution in [-0.4, -0.2) is 0 Å². The fraction of sp³-hybridized carbons (Fsp3) is 0.0690. The molecule has 0 N–H and O–H groups in total. The molecule has 0 heterocycles. The van der Waals surface area contributed by atoms with Crippen LogP contribution in [0.1, 0.15) is 52.7 Å². The van der Waals surface area contributed by atoms with Gasteiger partial charge in [0.25, 0.3) is 0 Å². The zero-order valence-corrected chi connectivity index (χ0v) is 32.8. The predicted octanol–water partition coefficient (Wildman–Crippen LogP) is 15.1. The Kier molecular flexibility index (Phi) is 6.41. The molecular weight excluding hydrogens is 711 g/mol. The van der Waals surface area contributed by atoms with Crippen molar-refractivity contribution in [3.8, 4) is 55.6 Å². The van der Waals surface area contributed by atoms with Gasteiger partial charge in [0.05, 0.1) is 16.6 Å². The third-order valence-electron chi connectivity index (χ3n) is 13.2. The lowest BCUT2D eigenvalue weighted by atomic mass is 9.70. The maximum Gasteiger partial charge on any atom is 0.0725 e. The first-order valence-corrected chi connectivity index (χ1v) is 20.4. The monoisotopic (exact) mass is 755 g/mol. The summed E-state index contributed by atoms with van der Waals surface area (Å²) < 4.78 is 38.4. The number of nitrogens with zero attached hydrogens (tertiary/aromatic N) is 1. The molecule has 0 saturated heterocycles. The van der Waals surface area contributed by atoms with E-state index < -0.39 is 5.41 Å². The maximum atomic E-state index is 9.75. The minimum absolute atomic E-state index is 0.0793. The second-order valence-electron chi connectivity index (χ2n) is 16.5. The summed E-state index contributed by atoms with van der Waals surface area (Å²) in [6, 6.07) is 65.5. The summed E-state index contributed by atoms with van der Waals surface area (Å²) in [5.41, 5.74) is 18.4. The lowest BCUT2D eigenvalue weighted by Crippen LogP contribution is -2.25. The van der Waals surface area contributed by atoms with E-state index in [9.17, 15) is 5.48 Å². The van der Waals surface area contributed by atoms with Crippen LogP contribution in [-0.2, 0) is 10.8 Å². The van der Waals surface area contributed by atoms with Gasteiger partial charge in [-0.3, -0.25) is 0 Å². The second-order valence-corrected chi connectivity index (χ2v) is 16.5. The molecule has 0 unspecified atom stereocenters. The smallest absolute Gasteiger partial charge is 0.0725 e. The van der Waals surface area contributed by atoms with Crippen molar-refractivity contribution in [1.82, 2.24) is 0 Å². The Balaban J connectivity index is 1.12. The second kappa shape index (κ2) is 12.6. The first-order valence-electron chi connectivity index (χ1n) is 22.4. The minimum atomic E-state index is -0.527. The lowest BCUT2D eigenvalue weighted by molar-refractivity contribution is 0.660. The molecule has 0 aliphatic heterocycles. The van der Waals surface area contributed by atoms with Crippen LogP contribution in [0.25, 0.3) is 55.6 Å². The van der Waals surface area contributed by atoms with E-state index in [1.807, 2.05) is 47.4 Å². The molecule has 1 heteroatoms. The number of para-hydroxylation sites is 1. The predicted molar refractivity (Wildman–Crippen MR) is 246 cm³/mol. The molecule has 0 amide bonds. The molecule has 1 nitrogen and oxygen atoms in total. The Morgan fingerprint density at radius 2 is 0.814 bits per heavy atom. The molecular formula is C58H41N. The van der Waals surface area contributed by atoms with E-state index >= 15 is 0 Å². The van der Waals surface area contributed by atoms with Crippen LogP contribution in [0.15, 0.2) is 212 Å². The molecule has 278 valence electrons. The summed E-state index contributed by atoms with van der Waals surface area (Å²) in [5.74, 6) is 0. The highest BCUT2D eigenvalue weighted by Gasteiger charge is 2.51. The van der Waals surface area contributed by atoms with Crippen molar-refractivity contribution in [3.05, 3.63) is 246 Å². The average Bonchev–Trinajstić information content (AvgIpc) is 3.88. The van der Waals surface area contributed by atoms with E-state index in [-0.39, 0.29) is 40.8 Å². The van der Waals surface area contributed by atoms with E-state index in [0.29, 0.717) is 5.56 Å². The summed E-state index contributed by atoms with van der Waals surface area (Å²) in [4.78, 5) is 1.97. The summed E-state index contributed by atoms with van der Waals surface area (Å²) in [7, 11) is 0. The zero-order chi connectivity index (χ0) is 42.8. The highest BCUT2D eigenvalue weighted by atomic mass is 15.1. The van der Waals surface area contributed by atoms with E-state index in [1.165, 1.54) is 55.6 Å². The van der Waals surface area contributed by atoms with Crippen molar-refractivity contribution in [2.45, 2.75) is 24.7 Å². The summed E-state index contributed by atoms with van der Waals surface area (Å²) in [6.45, 7) is 4.50. The average molecular weight is 756 g/mol. The quantitative estimate of drug-likeness (QED) is 0.169. The maximum absolute atomic E-state index is 9.75. The number of anilines is 3. The summed E-state index contributed by atoms with van der Waals surface area (Å²) >= 11 is 0. The fourth-order valence-electron chi connectivity index (χ4n) is 10.6. The van der Waals surface area contributed by atoms with Gasteiger partial charge in [0.2, 0.25) is 0 Å². The van der Waals surface area contributed by atoms with E-state index in [2.05, 4.69) is 159 Å². The van der Waals surface area contributed by atoms with Crippen LogP contribution in [0.5, 0.6) is 0 Å². The first-order chi connectivity index (χ1) is 30.7. The molecule has 0 radical (unpaired) electrons. The van der Waals surface area contributed by atoms with Gasteiger partial charge in [0, 0.05) is 22.4 Å². The van der Waals surface area contributed by atoms with Gasteiger partial charge in [-0.05, 0) is 120 Å². The summed E-state index contributed by atoms with van der Waals surface area (Å²) in [5, 5.41) is 0. The van der Waals surface area contributed by atoms with Gasteiger partial charge < -0.3 is 4.90 Å². The van der Waals surface area contributed by atoms with Gasteiger partial charge in [-0.2, -0.15) is 0 Å². The molecule has 9 aromatic rings. The van der Waals surface area contributed by atoms with Gasteiger partial charge in [0.1, 0.15) is 0 Å². The molecule has 1 spiro atoms. The first kappa shape index (κ1) is 29.9. The molecule has 0 bridgehead atoms. The molecule has 3 aliphatic carbocycles. The van der Waals surface area contributed by atoms with E-state index in [0.717, 1.165) is 33.6 Å². The van der Waals surface area contributed by atoms with Crippen molar-refractivity contribution < 1.29 is 5.48 Å². The van der Waals surface area contributed by atoms with Crippen LogP contribution in [0.4, 0.5) is 17.1 Å². The van der Waals surface area contributed by atoms with Crippen molar-refractivity contribution in [2.75, 3.05) is 4.90 Å². The Labute approximate surface area is 352 Å². The van der Waals surface area contributed by atoms with Crippen LogP contribution < -0.4 is 4.90 Å². The van der Waals surface area contributed by atoms with Crippen molar-refractivity contribution in [2.24, 2.45) is 0 Å². The van der Waals surface area contributed by atoms with Gasteiger partial charge in [-0.15, -0.1) is 0 Å². The lowest BCUT2D eigenvalue weighted by Gasteiger charge is -2.31. The molecule has 59 heavy (non-hydrogen) atoms. The molecule has 0 saturated carbocycles. The molecule has 0 fully saturated rings. The Bertz CT molecular complexity index is 3290. The Morgan fingerprint density at radius 3 is 1.44 bits per heavy atom. The van der Waals surface area contributed by atoms with Gasteiger partial charge >= 0.3 is 0 Å². The van der Waals surface area contributed by atoms with E-state index in [4.69, 9.17) is 0 Å². The SMILES string of the molecule is [2H]c1c([2H])c(N(c2ccc3c(c2)C(C)(C)c2ccccc2-3)c2ccccc2-c2ccc3c(c2)C2(c4ccccc4-c4ccccc42)c2ccccc2-3)c([2H])c([2H])c1-c1ccccc1. The van der Waals surface area contributed by atoms with Crippen LogP contribution in [0.3, 0.4) is 0 Å². The number of fused-ring (bicyclic) bond motifs is 13. The normalized spacial score (nSPS) is 15.2. The van der Waals surface area contributed by atoms with Gasteiger partial charge in [-0.25, -0.2) is 0 Å². The van der Waals surface area contributed by atoms with Crippen molar-refractivity contribution >= 4 is 17.1 Å². The number of rotatable bonds is 5. The standard InChI is InChI=1S/C58H41N/c1-57(2)50-23-11-6-19-44(50)48-35-33-42(37-54(48)57)59(41-31-28-39(29-32-41)38-16-4-3-5-17-38)56-27-15-10-18-43(56)40-30-34-49-47-22-9-14-26-53(47)58(55(49)36-40)51-24-12-7-20-45(51)46-21-8-13-25-52(46)58/h3-37H,1-2H3/i28D,29D,31D,32D. The number of hydrogen-bond donors (Lipinski definition) is 0. The van der Waals surface area contributed by atoms with Crippen molar-refractivity contribution in [3.63, 3.8) is 0 Å². The minimum Gasteiger partial charge on any atom is -0.310 e.